The molecule has 0 aromatic heterocycles. The summed E-state index contributed by atoms with van der Waals surface area (Å²) in [4.78, 5) is 40.2. The van der Waals surface area contributed by atoms with Gasteiger partial charge in [-0.05, 0) is 74.1 Å². The number of nitrogens with zero attached hydrogens (tertiary/aromatic N) is 2. The van der Waals surface area contributed by atoms with Gasteiger partial charge in [0.2, 0.25) is 5.91 Å². The molecule has 2 fully saturated rings. The van der Waals surface area contributed by atoms with Gasteiger partial charge in [0.1, 0.15) is 0 Å². The van der Waals surface area contributed by atoms with Crippen LogP contribution in [0.15, 0.2) is 53.4 Å². The van der Waals surface area contributed by atoms with Crippen LogP contribution in [-0.2, 0) is 14.4 Å². The minimum atomic E-state index is -0.386. The predicted octanol–water partition coefficient (Wildman–Crippen LogP) is 3.82. The number of anilines is 1. The number of carbonyl (C=O) groups excluding carboxylic acids is 3. The first-order valence-electron chi connectivity index (χ1n) is 12.4. The van der Waals surface area contributed by atoms with Crippen molar-refractivity contribution in [3.8, 4) is 11.5 Å². The zero-order valence-corrected chi connectivity index (χ0v) is 22.7. The predicted molar refractivity (Wildman–Crippen MR) is 152 cm³/mol. The van der Waals surface area contributed by atoms with Crippen molar-refractivity contribution in [2.24, 2.45) is 0 Å². The van der Waals surface area contributed by atoms with Gasteiger partial charge in [0.15, 0.2) is 22.4 Å². The number of para-hydroxylation sites is 1. The number of methoxy groups -OCH3 is 1. The summed E-state index contributed by atoms with van der Waals surface area (Å²) in [6, 6.07) is 14.2. The number of thiocarbonyl (C=S) groups is 1. The maximum Gasteiger partial charge on any atom is 0.285 e. The fraction of sp³-hybridized carbons (Fsp3) is 0.333. The van der Waals surface area contributed by atoms with Gasteiger partial charge in [-0.1, -0.05) is 42.4 Å². The Morgan fingerprint density at radius 2 is 1.82 bits per heavy atom. The topological polar surface area (TPSA) is 100 Å². The Morgan fingerprint density at radius 1 is 1.05 bits per heavy atom. The van der Waals surface area contributed by atoms with E-state index in [1.54, 1.807) is 36.4 Å². The lowest BCUT2D eigenvalue weighted by Gasteiger charge is -2.26. The van der Waals surface area contributed by atoms with Gasteiger partial charge < -0.3 is 19.7 Å². The van der Waals surface area contributed by atoms with E-state index < -0.39 is 0 Å². The van der Waals surface area contributed by atoms with Gasteiger partial charge in [-0.3, -0.25) is 19.8 Å². The lowest BCUT2D eigenvalue weighted by molar-refractivity contribution is -0.133. The smallest absolute Gasteiger partial charge is 0.285 e. The van der Waals surface area contributed by atoms with Gasteiger partial charge in [-0.15, -0.1) is 0 Å². The molecule has 4 rings (SSSR count). The van der Waals surface area contributed by atoms with E-state index in [9.17, 15) is 14.4 Å². The van der Waals surface area contributed by atoms with Gasteiger partial charge in [0.25, 0.3) is 11.8 Å². The average Bonchev–Trinajstić information content (AvgIpc) is 3.19. The van der Waals surface area contributed by atoms with Crippen LogP contribution in [-0.4, -0.2) is 65.3 Å². The first-order chi connectivity index (χ1) is 18.4. The Hall–Kier alpha value is -3.41. The summed E-state index contributed by atoms with van der Waals surface area (Å²) in [6.45, 7) is 2.48. The standard InChI is InChI=1S/C27H30N4O5S2/c1-35-22-16-19(10-11-21(22)36-18-25(33)28-20-8-4-2-5-9-20)17-23-26(34)31(27(37)38-23)29-24(32)12-15-30-13-6-3-7-14-30/h2,4-5,8-11,16-17H,3,6-7,12-15,18H2,1H3,(H,28,33)(H,29,32)/b23-17-. The molecule has 2 heterocycles. The third-order valence-electron chi connectivity index (χ3n) is 6.04. The molecular formula is C27H30N4O5S2. The third kappa shape index (κ3) is 7.56. The zero-order valence-electron chi connectivity index (χ0n) is 21.1. The maximum absolute atomic E-state index is 12.9. The molecule has 200 valence electrons. The molecule has 2 aromatic carbocycles. The highest BCUT2D eigenvalue weighted by Crippen LogP contribution is 2.34. The number of piperidine rings is 1. The Bertz CT molecular complexity index is 1220. The first-order valence-corrected chi connectivity index (χ1v) is 13.6. The monoisotopic (exact) mass is 554 g/mol. The molecule has 0 aliphatic carbocycles. The minimum Gasteiger partial charge on any atom is -0.493 e. The average molecular weight is 555 g/mol. The number of hydrazine groups is 1. The number of hydrogen-bond acceptors (Lipinski definition) is 8. The molecule has 0 unspecified atom stereocenters. The van der Waals surface area contributed by atoms with Crippen molar-refractivity contribution in [1.29, 1.82) is 0 Å². The van der Waals surface area contributed by atoms with E-state index in [0.717, 1.165) is 42.7 Å². The highest BCUT2D eigenvalue weighted by molar-refractivity contribution is 8.26. The van der Waals surface area contributed by atoms with Gasteiger partial charge in [-0.2, -0.15) is 5.01 Å². The second-order valence-corrected chi connectivity index (χ2v) is 10.5. The van der Waals surface area contributed by atoms with E-state index in [1.807, 2.05) is 18.2 Å². The quantitative estimate of drug-likeness (QED) is 0.338. The van der Waals surface area contributed by atoms with E-state index in [1.165, 1.54) is 13.5 Å². The van der Waals surface area contributed by atoms with Crippen molar-refractivity contribution in [2.45, 2.75) is 25.7 Å². The summed E-state index contributed by atoms with van der Waals surface area (Å²) in [6.07, 6.45) is 5.52. The van der Waals surface area contributed by atoms with E-state index >= 15 is 0 Å². The highest BCUT2D eigenvalue weighted by atomic mass is 32.2. The van der Waals surface area contributed by atoms with Gasteiger partial charge in [-0.25, -0.2) is 0 Å². The number of rotatable bonds is 10. The van der Waals surface area contributed by atoms with Crippen LogP contribution in [0.1, 0.15) is 31.2 Å². The van der Waals surface area contributed by atoms with Crippen molar-refractivity contribution < 1.29 is 23.9 Å². The van der Waals surface area contributed by atoms with Crippen LogP contribution >= 0.6 is 24.0 Å². The third-order valence-corrected chi connectivity index (χ3v) is 7.34. The molecule has 0 saturated carbocycles. The molecule has 2 aromatic rings. The molecule has 0 radical (unpaired) electrons. The maximum atomic E-state index is 12.9. The SMILES string of the molecule is COc1cc(/C=C2\SC(=S)N(NC(=O)CCN3CCCCC3)C2=O)ccc1OCC(=O)Nc1ccccc1. The molecule has 0 atom stereocenters. The number of likely N-dealkylation sites (tertiary alicyclic amines) is 1. The number of ether oxygens (including phenoxy) is 2. The molecule has 2 aliphatic heterocycles. The molecule has 2 N–H and O–H groups in total. The number of hydrogen-bond donors (Lipinski definition) is 2. The van der Waals surface area contributed by atoms with Gasteiger partial charge in [0.05, 0.1) is 12.0 Å². The molecule has 2 saturated heterocycles. The number of thioether (sulfide) groups is 1. The van der Waals surface area contributed by atoms with Gasteiger partial charge >= 0.3 is 0 Å². The summed E-state index contributed by atoms with van der Waals surface area (Å²) in [5.41, 5.74) is 4.00. The van der Waals surface area contributed by atoms with Crippen molar-refractivity contribution in [2.75, 3.05) is 38.7 Å². The number of amides is 3. The highest BCUT2D eigenvalue weighted by Gasteiger charge is 2.33. The lowest BCUT2D eigenvalue weighted by atomic mass is 10.1. The molecule has 38 heavy (non-hydrogen) atoms. The number of nitrogens with one attached hydrogen (secondary N) is 2. The first kappa shape index (κ1) is 27.6. The fourth-order valence-electron chi connectivity index (χ4n) is 4.09. The summed E-state index contributed by atoms with van der Waals surface area (Å²) in [5, 5.41) is 3.89. The molecule has 2 aliphatic rings. The van der Waals surface area contributed by atoms with E-state index in [-0.39, 0.29) is 28.6 Å². The van der Waals surface area contributed by atoms with E-state index in [0.29, 0.717) is 40.6 Å². The molecule has 0 spiro atoms. The molecule has 0 bridgehead atoms. The van der Waals surface area contributed by atoms with Gasteiger partial charge in [0, 0.05) is 18.7 Å². The zero-order chi connectivity index (χ0) is 26.9. The van der Waals surface area contributed by atoms with Crippen molar-refractivity contribution in [3.05, 3.63) is 59.0 Å². The van der Waals surface area contributed by atoms with Crippen LogP contribution in [0.4, 0.5) is 5.69 Å². The number of benzene rings is 2. The summed E-state index contributed by atoms with van der Waals surface area (Å²) < 4.78 is 11.3. The van der Waals surface area contributed by atoms with Crippen LogP contribution in [0.3, 0.4) is 0 Å². The fourth-order valence-corrected chi connectivity index (χ4v) is 5.27. The molecular weight excluding hydrogens is 524 g/mol. The van der Waals surface area contributed by atoms with Crippen molar-refractivity contribution in [1.82, 2.24) is 15.3 Å². The van der Waals surface area contributed by atoms with Crippen LogP contribution in [0.5, 0.6) is 11.5 Å². The summed E-state index contributed by atoms with van der Waals surface area (Å²) >= 11 is 6.45. The summed E-state index contributed by atoms with van der Waals surface area (Å²) in [7, 11) is 1.49. The minimum absolute atomic E-state index is 0.194. The second kappa shape index (κ2) is 13.4. The van der Waals surface area contributed by atoms with Crippen LogP contribution in [0.2, 0.25) is 0 Å². The van der Waals surface area contributed by atoms with E-state index in [4.69, 9.17) is 21.7 Å². The summed E-state index contributed by atoms with van der Waals surface area (Å²) in [5.74, 6) is -0.131. The molecule has 9 nitrogen and oxygen atoms in total. The number of carbonyl (C=O) groups is 3. The molecule has 3 amide bonds. The Kier molecular flexibility index (Phi) is 9.74. The Balaban J connectivity index is 1.33. The van der Waals surface area contributed by atoms with Crippen LogP contribution in [0.25, 0.3) is 6.08 Å². The second-order valence-electron chi connectivity index (χ2n) is 8.82. The van der Waals surface area contributed by atoms with Crippen LogP contribution < -0.4 is 20.2 Å². The Morgan fingerprint density at radius 3 is 2.55 bits per heavy atom. The molecule has 11 heteroatoms. The lowest BCUT2D eigenvalue weighted by Crippen LogP contribution is -2.46. The van der Waals surface area contributed by atoms with Crippen LogP contribution in [0, 0.1) is 0 Å². The van der Waals surface area contributed by atoms with Crippen molar-refractivity contribution in [3.63, 3.8) is 0 Å². The van der Waals surface area contributed by atoms with E-state index in [2.05, 4.69) is 15.6 Å². The Labute approximate surface area is 231 Å². The largest absolute Gasteiger partial charge is 0.493 e. The van der Waals surface area contributed by atoms with Crippen molar-refractivity contribution >= 4 is 57.8 Å². The normalized spacial score (nSPS) is 17.0.